The van der Waals surface area contributed by atoms with Crippen molar-refractivity contribution in [1.82, 2.24) is 4.98 Å². The van der Waals surface area contributed by atoms with E-state index in [0.29, 0.717) is 31.1 Å². The van der Waals surface area contributed by atoms with Crippen LogP contribution in [0.15, 0.2) is 48.7 Å². The standard InChI is InChI=1S/C16H16ClFN2/c17-15-12-14(6-9-19-15)20-10-7-16(18,8-11-20)13-4-2-1-3-5-13/h1-6,9,12H,7-8,10-11H2. The fourth-order valence-electron chi connectivity index (χ4n) is 2.73. The number of pyridine rings is 1. The highest BCUT2D eigenvalue weighted by Crippen LogP contribution is 2.38. The van der Waals surface area contributed by atoms with Crippen LogP contribution < -0.4 is 4.90 Å². The van der Waals surface area contributed by atoms with Crippen molar-refractivity contribution in [2.24, 2.45) is 0 Å². The lowest BCUT2D eigenvalue weighted by Gasteiger charge is -2.38. The van der Waals surface area contributed by atoms with Crippen molar-refractivity contribution >= 4 is 17.3 Å². The van der Waals surface area contributed by atoms with Gasteiger partial charge in [-0.25, -0.2) is 9.37 Å². The van der Waals surface area contributed by atoms with Gasteiger partial charge in [-0.1, -0.05) is 41.9 Å². The molecule has 0 N–H and O–H groups in total. The zero-order valence-corrected chi connectivity index (χ0v) is 11.9. The van der Waals surface area contributed by atoms with Crippen molar-refractivity contribution in [3.8, 4) is 0 Å². The number of alkyl halides is 1. The molecule has 104 valence electrons. The maximum Gasteiger partial charge on any atom is 0.139 e. The van der Waals surface area contributed by atoms with Crippen molar-refractivity contribution in [3.05, 3.63) is 59.4 Å². The Balaban J connectivity index is 1.74. The van der Waals surface area contributed by atoms with Gasteiger partial charge < -0.3 is 4.90 Å². The summed E-state index contributed by atoms with van der Waals surface area (Å²) in [6, 6.07) is 13.2. The summed E-state index contributed by atoms with van der Waals surface area (Å²) in [7, 11) is 0. The van der Waals surface area contributed by atoms with Crippen molar-refractivity contribution in [2.75, 3.05) is 18.0 Å². The van der Waals surface area contributed by atoms with Gasteiger partial charge in [0.15, 0.2) is 0 Å². The fraction of sp³-hybridized carbons (Fsp3) is 0.312. The molecule has 0 radical (unpaired) electrons. The van der Waals surface area contributed by atoms with Crippen LogP contribution in [0.25, 0.3) is 0 Å². The summed E-state index contributed by atoms with van der Waals surface area (Å²) < 4.78 is 15.0. The summed E-state index contributed by atoms with van der Waals surface area (Å²) in [5, 5.41) is 0.475. The number of hydrogen-bond acceptors (Lipinski definition) is 2. The van der Waals surface area contributed by atoms with Crippen LogP contribution >= 0.6 is 11.6 Å². The first kappa shape index (κ1) is 13.4. The number of hydrogen-bond donors (Lipinski definition) is 0. The minimum atomic E-state index is -1.21. The van der Waals surface area contributed by atoms with E-state index in [1.807, 2.05) is 42.5 Å². The minimum absolute atomic E-state index is 0.475. The zero-order valence-electron chi connectivity index (χ0n) is 11.1. The molecule has 0 atom stereocenters. The molecule has 0 unspecified atom stereocenters. The molecule has 0 saturated carbocycles. The van der Waals surface area contributed by atoms with Gasteiger partial charge in [-0.15, -0.1) is 0 Å². The molecule has 0 spiro atoms. The Kier molecular flexibility index (Phi) is 3.62. The lowest BCUT2D eigenvalue weighted by atomic mass is 9.86. The van der Waals surface area contributed by atoms with Gasteiger partial charge in [0.25, 0.3) is 0 Å². The van der Waals surface area contributed by atoms with Gasteiger partial charge in [-0.2, -0.15) is 0 Å². The monoisotopic (exact) mass is 290 g/mol. The first-order valence-corrected chi connectivity index (χ1v) is 7.16. The van der Waals surface area contributed by atoms with Crippen LogP contribution in [0.4, 0.5) is 10.1 Å². The average Bonchev–Trinajstić information content (AvgIpc) is 2.49. The molecular weight excluding hydrogens is 275 g/mol. The van der Waals surface area contributed by atoms with Gasteiger partial charge >= 0.3 is 0 Å². The second kappa shape index (κ2) is 5.41. The van der Waals surface area contributed by atoms with Crippen molar-refractivity contribution in [2.45, 2.75) is 18.5 Å². The Bertz CT molecular complexity index is 580. The molecule has 1 aromatic heterocycles. The average molecular weight is 291 g/mol. The van der Waals surface area contributed by atoms with E-state index in [9.17, 15) is 0 Å². The molecular formula is C16H16ClFN2. The number of piperidine rings is 1. The van der Waals surface area contributed by atoms with Gasteiger partial charge in [0.1, 0.15) is 10.8 Å². The van der Waals surface area contributed by atoms with Crippen LogP contribution in [0.5, 0.6) is 0 Å². The van der Waals surface area contributed by atoms with Gasteiger partial charge in [-0.05, 0) is 17.7 Å². The quantitative estimate of drug-likeness (QED) is 0.771. The molecule has 0 aliphatic carbocycles. The largest absolute Gasteiger partial charge is 0.371 e. The molecule has 1 aliphatic heterocycles. The van der Waals surface area contributed by atoms with Crippen molar-refractivity contribution < 1.29 is 4.39 Å². The molecule has 0 bridgehead atoms. The first-order valence-electron chi connectivity index (χ1n) is 6.78. The highest BCUT2D eigenvalue weighted by atomic mass is 35.5. The van der Waals surface area contributed by atoms with Gasteiger partial charge in [0.2, 0.25) is 0 Å². The summed E-state index contributed by atoms with van der Waals surface area (Å²) in [6.07, 6.45) is 2.68. The summed E-state index contributed by atoms with van der Waals surface area (Å²) in [6.45, 7) is 1.37. The molecule has 3 rings (SSSR count). The molecule has 0 amide bonds. The summed E-state index contributed by atoms with van der Waals surface area (Å²) in [5.41, 5.74) is 0.585. The number of anilines is 1. The molecule has 1 fully saturated rings. The zero-order chi connectivity index (χ0) is 14.0. The van der Waals surface area contributed by atoms with Crippen LogP contribution in [0.2, 0.25) is 5.15 Å². The molecule has 2 heterocycles. The smallest absolute Gasteiger partial charge is 0.139 e. The molecule has 4 heteroatoms. The molecule has 1 aromatic carbocycles. The normalized spacial score (nSPS) is 18.0. The molecule has 20 heavy (non-hydrogen) atoms. The first-order chi connectivity index (χ1) is 9.67. The predicted molar refractivity (Wildman–Crippen MR) is 79.9 cm³/mol. The van der Waals surface area contributed by atoms with E-state index < -0.39 is 5.67 Å². The van der Waals surface area contributed by atoms with Crippen LogP contribution in [0, 0.1) is 0 Å². The molecule has 1 aliphatic rings. The van der Waals surface area contributed by atoms with E-state index in [-0.39, 0.29) is 0 Å². The number of halogens is 2. The number of benzene rings is 1. The van der Waals surface area contributed by atoms with E-state index in [4.69, 9.17) is 11.6 Å². The highest BCUT2D eigenvalue weighted by molar-refractivity contribution is 6.29. The number of rotatable bonds is 2. The summed E-state index contributed by atoms with van der Waals surface area (Å²) in [4.78, 5) is 6.14. The SMILES string of the molecule is FC1(c2ccccc2)CCN(c2ccnc(Cl)c2)CC1. The van der Waals surface area contributed by atoms with Crippen LogP contribution in [0.3, 0.4) is 0 Å². The van der Waals surface area contributed by atoms with E-state index in [1.165, 1.54) is 0 Å². The predicted octanol–water partition coefficient (Wildman–Crippen LogP) is 4.20. The molecule has 2 nitrogen and oxygen atoms in total. The Labute approximate surface area is 123 Å². The van der Waals surface area contributed by atoms with Crippen LogP contribution in [-0.2, 0) is 5.67 Å². The third-order valence-electron chi connectivity index (χ3n) is 3.92. The molecule has 2 aromatic rings. The van der Waals surface area contributed by atoms with Gasteiger partial charge in [-0.3, -0.25) is 0 Å². The third kappa shape index (κ3) is 2.63. The van der Waals surface area contributed by atoms with E-state index in [0.717, 1.165) is 11.3 Å². The third-order valence-corrected chi connectivity index (χ3v) is 4.13. The number of nitrogens with zero attached hydrogens (tertiary/aromatic N) is 2. The van der Waals surface area contributed by atoms with Gasteiger partial charge in [0, 0.05) is 37.8 Å². The van der Waals surface area contributed by atoms with Crippen molar-refractivity contribution in [1.29, 1.82) is 0 Å². The number of aromatic nitrogens is 1. The Morgan fingerprint density at radius 2 is 1.80 bits per heavy atom. The second-order valence-electron chi connectivity index (χ2n) is 5.16. The molecule has 1 saturated heterocycles. The van der Waals surface area contributed by atoms with E-state index in [1.54, 1.807) is 6.20 Å². The minimum Gasteiger partial charge on any atom is -0.371 e. The lowest BCUT2D eigenvalue weighted by molar-refractivity contribution is 0.125. The van der Waals surface area contributed by atoms with E-state index in [2.05, 4.69) is 9.88 Å². The van der Waals surface area contributed by atoms with Crippen LogP contribution in [0.1, 0.15) is 18.4 Å². The summed E-state index contributed by atoms with van der Waals surface area (Å²) >= 11 is 5.90. The van der Waals surface area contributed by atoms with Crippen molar-refractivity contribution in [3.63, 3.8) is 0 Å². The highest BCUT2D eigenvalue weighted by Gasteiger charge is 2.36. The topological polar surface area (TPSA) is 16.1 Å². The maximum absolute atomic E-state index is 15.0. The summed E-state index contributed by atoms with van der Waals surface area (Å²) in [5.74, 6) is 0. The Hall–Kier alpha value is -1.61. The van der Waals surface area contributed by atoms with E-state index >= 15 is 4.39 Å². The maximum atomic E-state index is 15.0. The van der Waals surface area contributed by atoms with Crippen LogP contribution in [-0.4, -0.2) is 18.1 Å². The fourth-order valence-corrected chi connectivity index (χ4v) is 2.90. The van der Waals surface area contributed by atoms with Gasteiger partial charge in [0.05, 0.1) is 0 Å². The second-order valence-corrected chi connectivity index (χ2v) is 5.54. The lowest BCUT2D eigenvalue weighted by Crippen LogP contribution is -2.40. The Morgan fingerprint density at radius 3 is 2.45 bits per heavy atom. The Morgan fingerprint density at radius 1 is 1.10 bits per heavy atom.